The van der Waals surface area contributed by atoms with Crippen LogP contribution >= 0.6 is 0 Å². The molecule has 0 unspecified atom stereocenters. The molecule has 8 heteroatoms. The Hall–Kier alpha value is -3.39. The molecule has 1 N–H and O–H groups in total. The van der Waals surface area contributed by atoms with Crippen LogP contribution in [0.3, 0.4) is 0 Å². The van der Waals surface area contributed by atoms with Crippen molar-refractivity contribution in [2.75, 3.05) is 4.72 Å². The lowest BCUT2D eigenvalue weighted by Gasteiger charge is -2.11. The summed E-state index contributed by atoms with van der Waals surface area (Å²) in [5, 5.41) is 4.31. The Balaban J connectivity index is 1.60. The first-order chi connectivity index (χ1) is 13.8. The van der Waals surface area contributed by atoms with E-state index in [2.05, 4.69) is 9.82 Å². The molecule has 0 aliphatic heterocycles. The van der Waals surface area contributed by atoms with E-state index in [1.54, 1.807) is 54.7 Å². The third-order valence-electron chi connectivity index (χ3n) is 4.79. The lowest BCUT2D eigenvalue weighted by Crippen LogP contribution is -2.21. The Labute approximate surface area is 168 Å². The van der Waals surface area contributed by atoms with E-state index in [9.17, 15) is 13.2 Å². The molecule has 0 spiro atoms. The topological polar surface area (TPSA) is 85.5 Å². The minimum Gasteiger partial charge on any atom is -0.280 e. The van der Waals surface area contributed by atoms with Gasteiger partial charge in [0.2, 0.25) is 0 Å². The van der Waals surface area contributed by atoms with E-state index in [0.717, 1.165) is 16.7 Å². The summed E-state index contributed by atoms with van der Waals surface area (Å²) in [6, 6.07) is 17.3. The quantitative estimate of drug-likeness (QED) is 0.550. The van der Waals surface area contributed by atoms with E-state index < -0.39 is 10.0 Å². The van der Waals surface area contributed by atoms with Crippen LogP contribution in [0, 0.1) is 13.8 Å². The van der Waals surface area contributed by atoms with Crippen LogP contribution in [0.15, 0.2) is 76.6 Å². The Kier molecular flexibility index (Phi) is 4.71. The average Bonchev–Trinajstić information content (AvgIpc) is 3.00. The number of rotatable bonds is 5. The van der Waals surface area contributed by atoms with Crippen molar-refractivity contribution in [2.45, 2.75) is 25.3 Å². The van der Waals surface area contributed by atoms with Crippen LogP contribution in [-0.2, 0) is 16.6 Å². The third kappa shape index (κ3) is 3.79. The Morgan fingerprint density at radius 2 is 1.79 bits per heavy atom. The molecule has 0 aliphatic carbocycles. The minimum atomic E-state index is -3.71. The second kappa shape index (κ2) is 7.21. The highest BCUT2D eigenvalue weighted by atomic mass is 32.2. The fraction of sp³-hybridized carbons (Fsp3) is 0.143. The van der Waals surface area contributed by atoms with E-state index >= 15 is 0 Å². The maximum atomic E-state index is 12.7. The summed E-state index contributed by atoms with van der Waals surface area (Å²) >= 11 is 0. The third-order valence-corrected chi connectivity index (χ3v) is 6.17. The van der Waals surface area contributed by atoms with Crippen LogP contribution in [0.2, 0.25) is 0 Å². The van der Waals surface area contributed by atoms with Gasteiger partial charge in [-0.25, -0.2) is 17.9 Å². The first-order valence-electron chi connectivity index (χ1n) is 9.07. The molecule has 0 fully saturated rings. The molecule has 0 saturated carbocycles. The molecule has 0 atom stereocenters. The van der Waals surface area contributed by atoms with Crippen LogP contribution in [0.1, 0.15) is 16.7 Å². The number of anilines is 1. The lowest BCUT2D eigenvalue weighted by molar-refractivity contribution is 0.601. The zero-order valence-corrected chi connectivity index (χ0v) is 16.8. The van der Waals surface area contributed by atoms with Crippen molar-refractivity contribution in [3.05, 3.63) is 94.0 Å². The SMILES string of the molecule is Cc1ccc(S(=O)(=O)Nc2cccc(Cn3nc4ccccn4c3=O)c2)cc1C. The summed E-state index contributed by atoms with van der Waals surface area (Å²) in [5.74, 6) is 0. The molecule has 0 amide bonds. The van der Waals surface area contributed by atoms with Gasteiger partial charge in [0.05, 0.1) is 11.4 Å². The van der Waals surface area contributed by atoms with Crippen LogP contribution in [0.5, 0.6) is 0 Å². The van der Waals surface area contributed by atoms with E-state index in [1.165, 1.54) is 9.08 Å². The fourth-order valence-electron chi connectivity index (χ4n) is 3.07. The summed E-state index contributed by atoms with van der Waals surface area (Å²) in [7, 11) is -3.71. The molecule has 2 aromatic carbocycles. The summed E-state index contributed by atoms with van der Waals surface area (Å²) in [6.45, 7) is 4.05. The number of aryl methyl sites for hydroxylation is 2. The minimum absolute atomic E-state index is 0.211. The zero-order valence-electron chi connectivity index (χ0n) is 16.0. The summed E-state index contributed by atoms with van der Waals surface area (Å²) in [4.78, 5) is 12.7. The number of hydrogen-bond donors (Lipinski definition) is 1. The van der Waals surface area contributed by atoms with E-state index in [4.69, 9.17) is 0 Å². The fourth-order valence-corrected chi connectivity index (χ4v) is 4.21. The highest BCUT2D eigenvalue weighted by Crippen LogP contribution is 2.20. The normalized spacial score (nSPS) is 11.7. The van der Waals surface area contributed by atoms with Gasteiger partial charge in [0.15, 0.2) is 5.65 Å². The lowest BCUT2D eigenvalue weighted by atomic mass is 10.1. The molecule has 0 aliphatic rings. The van der Waals surface area contributed by atoms with E-state index in [1.807, 2.05) is 26.0 Å². The van der Waals surface area contributed by atoms with Crippen LogP contribution in [0.4, 0.5) is 5.69 Å². The highest BCUT2D eigenvalue weighted by Gasteiger charge is 2.15. The average molecular weight is 408 g/mol. The number of nitrogens with one attached hydrogen (secondary N) is 1. The molecular formula is C21H20N4O3S. The number of fused-ring (bicyclic) bond motifs is 1. The van der Waals surface area contributed by atoms with Gasteiger partial charge in [0, 0.05) is 11.9 Å². The second-order valence-corrected chi connectivity index (χ2v) is 8.60. The molecule has 29 heavy (non-hydrogen) atoms. The van der Waals surface area contributed by atoms with Crippen molar-refractivity contribution in [1.29, 1.82) is 0 Å². The van der Waals surface area contributed by atoms with Crippen molar-refractivity contribution in [2.24, 2.45) is 0 Å². The number of benzene rings is 2. The van der Waals surface area contributed by atoms with Crippen molar-refractivity contribution in [1.82, 2.24) is 14.2 Å². The van der Waals surface area contributed by atoms with Gasteiger partial charge in [-0.05, 0) is 66.9 Å². The predicted molar refractivity (Wildman–Crippen MR) is 112 cm³/mol. The molecule has 0 radical (unpaired) electrons. The highest BCUT2D eigenvalue weighted by molar-refractivity contribution is 7.92. The maximum Gasteiger partial charge on any atom is 0.350 e. The first kappa shape index (κ1) is 18.9. The van der Waals surface area contributed by atoms with Gasteiger partial charge in [-0.2, -0.15) is 0 Å². The van der Waals surface area contributed by atoms with Gasteiger partial charge < -0.3 is 0 Å². The Morgan fingerprint density at radius 1 is 0.966 bits per heavy atom. The number of hydrogen-bond acceptors (Lipinski definition) is 4. The van der Waals surface area contributed by atoms with Crippen LogP contribution in [-0.4, -0.2) is 22.6 Å². The largest absolute Gasteiger partial charge is 0.350 e. The number of nitrogens with zero attached hydrogens (tertiary/aromatic N) is 3. The van der Waals surface area contributed by atoms with Gasteiger partial charge in [-0.1, -0.05) is 24.3 Å². The molecule has 2 aromatic heterocycles. The Morgan fingerprint density at radius 3 is 2.55 bits per heavy atom. The van der Waals surface area contributed by atoms with Crippen LogP contribution in [0.25, 0.3) is 5.65 Å². The molecule has 4 rings (SSSR count). The maximum absolute atomic E-state index is 12.7. The number of pyridine rings is 1. The van der Waals surface area contributed by atoms with Gasteiger partial charge >= 0.3 is 5.69 Å². The van der Waals surface area contributed by atoms with E-state index in [-0.39, 0.29) is 17.1 Å². The van der Waals surface area contributed by atoms with Gasteiger partial charge in [-0.3, -0.25) is 9.12 Å². The van der Waals surface area contributed by atoms with Crippen molar-refractivity contribution in [3.63, 3.8) is 0 Å². The summed E-state index contributed by atoms with van der Waals surface area (Å²) in [6.07, 6.45) is 1.66. The standard InChI is InChI=1S/C21H20N4O3S/c1-15-9-10-19(12-16(15)2)29(27,28)23-18-7-5-6-17(13-18)14-25-21(26)24-11-4-3-8-20(24)22-25/h3-13,23H,14H2,1-2H3. The van der Waals surface area contributed by atoms with Gasteiger partial charge in [0.25, 0.3) is 10.0 Å². The number of aromatic nitrogens is 3. The molecular weight excluding hydrogens is 388 g/mol. The van der Waals surface area contributed by atoms with Crippen molar-refractivity contribution >= 4 is 21.4 Å². The van der Waals surface area contributed by atoms with Gasteiger partial charge in [0.1, 0.15) is 0 Å². The van der Waals surface area contributed by atoms with Crippen molar-refractivity contribution < 1.29 is 8.42 Å². The smallest absolute Gasteiger partial charge is 0.280 e. The summed E-state index contributed by atoms with van der Waals surface area (Å²) in [5.41, 5.74) is 3.44. The summed E-state index contributed by atoms with van der Waals surface area (Å²) < 4.78 is 30.9. The molecule has 0 bridgehead atoms. The van der Waals surface area contributed by atoms with E-state index in [0.29, 0.717) is 11.3 Å². The first-order valence-corrected chi connectivity index (χ1v) is 10.5. The Bertz CT molecular complexity index is 1370. The molecule has 2 heterocycles. The molecule has 148 valence electrons. The molecule has 7 nitrogen and oxygen atoms in total. The van der Waals surface area contributed by atoms with Crippen LogP contribution < -0.4 is 10.4 Å². The zero-order chi connectivity index (χ0) is 20.6. The molecule has 0 saturated heterocycles. The van der Waals surface area contributed by atoms with Crippen molar-refractivity contribution in [3.8, 4) is 0 Å². The number of sulfonamides is 1. The molecule has 4 aromatic rings. The van der Waals surface area contributed by atoms with Gasteiger partial charge in [-0.15, -0.1) is 5.10 Å². The predicted octanol–water partition coefficient (Wildman–Crippen LogP) is 2.96. The monoisotopic (exact) mass is 408 g/mol. The second-order valence-electron chi connectivity index (χ2n) is 6.92.